The van der Waals surface area contributed by atoms with Crippen LogP contribution in [-0.4, -0.2) is 73.6 Å². The second-order valence-electron chi connectivity index (χ2n) is 8.21. The van der Waals surface area contributed by atoms with Gasteiger partial charge >= 0.3 is 5.97 Å². The van der Waals surface area contributed by atoms with E-state index in [0.29, 0.717) is 47.7 Å². The molecule has 3 aromatic rings. The Bertz CT molecular complexity index is 1330. The van der Waals surface area contributed by atoms with Gasteiger partial charge in [-0.15, -0.1) is 0 Å². The Morgan fingerprint density at radius 3 is 2.61 bits per heavy atom. The number of anilines is 3. The molecule has 3 N–H and O–H groups in total. The second kappa shape index (κ2) is 14.1. The zero-order valence-electron chi connectivity index (χ0n) is 21.3. The van der Waals surface area contributed by atoms with Crippen molar-refractivity contribution in [1.82, 2.24) is 20.2 Å². The maximum atomic E-state index is 12.5. The van der Waals surface area contributed by atoms with Crippen molar-refractivity contribution in [2.24, 2.45) is 0 Å². The fraction of sp³-hybridized carbons (Fsp3) is 0.269. The molecular weight excluding hydrogens is 556 g/mol. The lowest BCUT2D eigenvalue weighted by atomic mass is 10.2. The van der Waals surface area contributed by atoms with Gasteiger partial charge in [-0.1, -0.05) is 22.0 Å². The van der Waals surface area contributed by atoms with E-state index in [2.05, 4.69) is 46.6 Å². The fourth-order valence-corrected chi connectivity index (χ4v) is 3.86. The number of nitrogens with one attached hydrogen (secondary N) is 3. The Morgan fingerprint density at radius 1 is 1.08 bits per heavy atom. The van der Waals surface area contributed by atoms with Crippen LogP contribution >= 0.6 is 15.9 Å². The Labute approximate surface area is 228 Å². The molecule has 0 radical (unpaired) electrons. The summed E-state index contributed by atoms with van der Waals surface area (Å²) in [4.78, 5) is 46.3. The van der Waals surface area contributed by atoms with Gasteiger partial charge in [0.2, 0.25) is 11.8 Å². The van der Waals surface area contributed by atoms with E-state index in [0.717, 1.165) is 22.3 Å². The number of amides is 2. The molecule has 0 aliphatic carbocycles. The minimum absolute atomic E-state index is 0.177. The number of halogens is 1. The molecule has 3 rings (SSSR count). The summed E-state index contributed by atoms with van der Waals surface area (Å²) < 4.78 is 11.0. The third-order valence-electron chi connectivity index (χ3n) is 5.33. The number of likely N-dealkylation sites (N-methyl/N-ethyl adjacent to an activating group) is 1. The van der Waals surface area contributed by atoms with E-state index in [1.54, 1.807) is 24.1 Å². The number of ether oxygens (including phenoxy) is 2. The summed E-state index contributed by atoms with van der Waals surface area (Å²) in [5.74, 6) is -0.271. The molecule has 0 atom stereocenters. The molecule has 2 amide bonds. The molecule has 0 unspecified atom stereocenters. The van der Waals surface area contributed by atoms with Crippen LogP contribution in [0.5, 0.6) is 5.75 Å². The van der Waals surface area contributed by atoms with Gasteiger partial charge < -0.3 is 25.4 Å². The number of methoxy groups -OCH3 is 2. The molecule has 0 saturated heterocycles. The lowest BCUT2D eigenvalue weighted by Gasteiger charge is -2.14. The number of aromatic nitrogens is 2. The highest BCUT2D eigenvalue weighted by Crippen LogP contribution is 2.33. The van der Waals surface area contributed by atoms with Gasteiger partial charge in [-0.25, -0.2) is 9.97 Å². The predicted octanol–water partition coefficient (Wildman–Crippen LogP) is 3.25. The summed E-state index contributed by atoms with van der Waals surface area (Å²) in [5, 5.41) is 9.38. The van der Waals surface area contributed by atoms with Crippen molar-refractivity contribution in [2.45, 2.75) is 6.42 Å². The molecule has 1 heterocycles. The highest BCUT2D eigenvalue weighted by Gasteiger charge is 2.13. The highest BCUT2D eigenvalue weighted by molar-refractivity contribution is 9.10. The highest BCUT2D eigenvalue weighted by atomic mass is 79.9. The molecule has 0 saturated carbocycles. The second-order valence-corrected chi connectivity index (χ2v) is 9.12. The van der Waals surface area contributed by atoms with Gasteiger partial charge in [0.1, 0.15) is 17.9 Å². The number of carbonyl (C=O) groups excluding carboxylic acids is 3. The van der Waals surface area contributed by atoms with Crippen LogP contribution in [0.3, 0.4) is 0 Å². The van der Waals surface area contributed by atoms with Crippen LogP contribution in [0, 0.1) is 0 Å². The number of carbonyl (C=O) groups is 3. The van der Waals surface area contributed by atoms with Gasteiger partial charge in [0.15, 0.2) is 0 Å². The van der Waals surface area contributed by atoms with Gasteiger partial charge in [0.05, 0.1) is 32.0 Å². The van der Waals surface area contributed by atoms with E-state index in [1.165, 1.54) is 20.5 Å². The van der Waals surface area contributed by atoms with Crippen molar-refractivity contribution in [3.05, 3.63) is 59.4 Å². The maximum Gasteiger partial charge on any atom is 0.319 e. The van der Waals surface area contributed by atoms with Crippen LogP contribution in [0.4, 0.5) is 17.2 Å². The summed E-state index contributed by atoms with van der Waals surface area (Å²) >= 11 is 3.45. The SMILES string of the molecule is COC(=O)CN(C)CCCNC(=O)/C=C/C(=O)Nc1cc2c(Nc3cccc(Br)c3)ncnc2cc1OC. The smallest absolute Gasteiger partial charge is 0.319 e. The zero-order chi connectivity index (χ0) is 27.5. The van der Waals surface area contributed by atoms with Crippen LogP contribution in [0.25, 0.3) is 10.9 Å². The number of esters is 1. The normalized spacial score (nSPS) is 11.0. The van der Waals surface area contributed by atoms with E-state index in [4.69, 9.17) is 4.74 Å². The van der Waals surface area contributed by atoms with Gasteiger partial charge in [-0.05, 0) is 37.7 Å². The molecule has 200 valence electrons. The van der Waals surface area contributed by atoms with Crippen molar-refractivity contribution >= 4 is 61.8 Å². The van der Waals surface area contributed by atoms with E-state index in [9.17, 15) is 14.4 Å². The Kier molecular flexibility index (Phi) is 10.6. The topological polar surface area (TPSA) is 135 Å². The van der Waals surface area contributed by atoms with Crippen LogP contribution < -0.4 is 20.7 Å². The quantitative estimate of drug-likeness (QED) is 0.166. The number of benzene rings is 2. The Hall–Kier alpha value is -4.03. The minimum atomic E-state index is -0.506. The largest absolute Gasteiger partial charge is 0.494 e. The molecule has 12 heteroatoms. The zero-order valence-corrected chi connectivity index (χ0v) is 22.9. The Balaban J connectivity index is 1.62. The molecule has 0 bridgehead atoms. The summed E-state index contributed by atoms with van der Waals surface area (Å²) in [6.45, 7) is 1.17. The predicted molar refractivity (Wildman–Crippen MR) is 148 cm³/mol. The average Bonchev–Trinajstić information content (AvgIpc) is 2.90. The van der Waals surface area contributed by atoms with Crippen LogP contribution in [0.15, 0.2) is 59.4 Å². The number of hydrogen-bond acceptors (Lipinski definition) is 9. The molecule has 11 nitrogen and oxygen atoms in total. The molecule has 0 fully saturated rings. The van der Waals surface area contributed by atoms with E-state index in [1.807, 2.05) is 24.3 Å². The van der Waals surface area contributed by atoms with Crippen molar-refractivity contribution in [1.29, 1.82) is 0 Å². The van der Waals surface area contributed by atoms with Crippen molar-refractivity contribution in [2.75, 3.05) is 51.5 Å². The first-order chi connectivity index (χ1) is 18.3. The van der Waals surface area contributed by atoms with E-state index >= 15 is 0 Å². The fourth-order valence-electron chi connectivity index (χ4n) is 3.46. The average molecular weight is 585 g/mol. The molecule has 38 heavy (non-hydrogen) atoms. The lowest BCUT2D eigenvalue weighted by molar-refractivity contribution is -0.141. The summed E-state index contributed by atoms with van der Waals surface area (Å²) in [7, 11) is 4.61. The maximum absolute atomic E-state index is 12.5. The van der Waals surface area contributed by atoms with Crippen molar-refractivity contribution in [3.63, 3.8) is 0 Å². The molecule has 1 aromatic heterocycles. The van der Waals surface area contributed by atoms with Gasteiger partial charge in [0.25, 0.3) is 0 Å². The summed E-state index contributed by atoms with van der Waals surface area (Å²) in [6, 6.07) is 11.0. The van der Waals surface area contributed by atoms with Crippen LogP contribution in [-0.2, 0) is 19.1 Å². The number of fused-ring (bicyclic) bond motifs is 1. The number of hydrogen-bond donors (Lipinski definition) is 3. The summed E-state index contributed by atoms with van der Waals surface area (Å²) in [5.41, 5.74) is 1.85. The third kappa shape index (κ3) is 8.53. The standard InChI is InChI=1S/C26H29BrN6O5/c1-33(15-25(36)38-3)11-5-10-28-23(34)8-9-24(35)32-21-13-19-20(14-22(21)37-2)29-16-30-26(19)31-18-7-4-6-17(27)12-18/h4,6-9,12-14,16H,5,10-11,15H2,1-3H3,(H,28,34)(H,32,35)(H,29,30,31)/b9-8+. The summed E-state index contributed by atoms with van der Waals surface area (Å²) in [6.07, 6.45) is 4.37. The lowest BCUT2D eigenvalue weighted by Crippen LogP contribution is -2.30. The van der Waals surface area contributed by atoms with Crippen LogP contribution in [0.1, 0.15) is 6.42 Å². The monoisotopic (exact) mass is 584 g/mol. The number of rotatable bonds is 12. The molecule has 0 spiro atoms. The van der Waals surface area contributed by atoms with Crippen molar-refractivity contribution < 1.29 is 23.9 Å². The van der Waals surface area contributed by atoms with E-state index in [-0.39, 0.29) is 12.5 Å². The number of nitrogens with zero attached hydrogens (tertiary/aromatic N) is 3. The third-order valence-corrected chi connectivity index (χ3v) is 5.82. The van der Waals surface area contributed by atoms with Gasteiger partial charge in [0, 0.05) is 46.9 Å². The molecular formula is C26H29BrN6O5. The minimum Gasteiger partial charge on any atom is -0.494 e. The van der Waals surface area contributed by atoms with E-state index < -0.39 is 11.8 Å². The molecule has 2 aromatic carbocycles. The molecule has 0 aliphatic heterocycles. The first-order valence-electron chi connectivity index (χ1n) is 11.7. The first-order valence-corrected chi connectivity index (χ1v) is 12.5. The molecule has 0 aliphatic rings. The first kappa shape index (κ1) is 28.5. The Morgan fingerprint density at radius 2 is 1.87 bits per heavy atom. The van der Waals surface area contributed by atoms with Gasteiger partial charge in [-0.2, -0.15) is 0 Å². The van der Waals surface area contributed by atoms with Gasteiger partial charge in [-0.3, -0.25) is 19.3 Å². The van der Waals surface area contributed by atoms with Crippen LogP contribution in [0.2, 0.25) is 0 Å². The van der Waals surface area contributed by atoms with Crippen molar-refractivity contribution in [3.8, 4) is 5.75 Å².